The maximum atomic E-state index is 12.2. The van der Waals surface area contributed by atoms with Gasteiger partial charge in [-0.05, 0) is 5.56 Å². The number of halogens is 1. The zero-order chi connectivity index (χ0) is 13.5. The number of imide groups is 2. The van der Waals surface area contributed by atoms with Crippen LogP contribution in [0.3, 0.4) is 0 Å². The van der Waals surface area contributed by atoms with E-state index in [2.05, 4.69) is 15.9 Å². The van der Waals surface area contributed by atoms with Gasteiger partial charge in [0.2, 0.25) is 4.32 Å². The average Bonchev–Trinajstić information content (AvgIpc) is 2.42. The van der Waals surface area contributed by atoms with Crippen molar-refractivity contribution in [2.24, 2.45) is 0 Å². The summed E-state index contributed by atoms with van der Waals surface area (Å²) in [5.41, 5.74) is 0.506. The monoisotopic (exact) mass is 310 g/mol. The number of barbiturate groups is 1. The maximum absolute atomic E-state index is 12.2. The standard InChI is InChI=1S/C12H11BrN2O3/c1-14-9(16)12(13,8-6-4-3-5-7-8)10(17)15(2)11(14)18/h3-7H,1-2H3. The molecule has 0 bridgehead atoms. The first kappa shape index (κ1) is 12.8. The number of benzene rings is 1. The molecule has 1 fully saturated rings. The molecule has 0 unspecified atom stereocenters. The molecule has 1 aliphatic heterocycles. The Kier molecular flexibility index (Phi) is 2.98. The average molecular weight is 311 g/mol. The Morgan fingerprint density at radius 3 is 1.83 bits per heavy atom. The lowest BCUT2D eigenvalue weighted by molar-refractivity contribution is -0.145. The topological polar surface area (TPSA) is 57.7 Å². The van der Waals surface area contributed by atoms with Crippen LogP contribution in [-0.4, -0.2) is 41.7 Å². The predicted octanol–water partition coefficient (Wildman–Crippen LogP) is 1.33. The van der Waals surface area contributed by atoms with Crippen LogP contribution in [0.5, 0.6) is 0 Å². The molecule has 0 spiro atoms. The van der Waals surface area contributed by atoms with Crippen LogP contribution in [0.4, 0.5) is 4.79 Å². The van der Waals surface area contributed by atoms with E-state index in [-0.39, 0.29) is 0 Å². The van der Waals surface area contributed by atoms with E-state index < -0.39 is 22.2 Å². The number of alkyl halides is 1. The summed E-state index contributed by atoms with van der Waals surface area (Å²) in [5, 5.41) is 0. The lowest BCUT2D eigenvalue weighted by atomic mass is 9.94. The SMILES string of the molecule is CN1C(=O)N(C)C(=O)C(Br)(c2ccccc2)C1=O. The lowest BCUT2D eigenvalue weighted by Crippen LogP contribution is -2.62. The minimum atomic E-state index is -1.52. The van der Waals surface area contributed by atoms with Crippen LogP contribution in [0.25, 0.3) is 0 Å². The number of nitrogens with zero attached hydrogens (tertiary/aromatic N) is 2. The second-order valence-electron chi connectivity index (χ2n) is 4.04. The zero-order valence-corrected chi connectivity index (χ0v) is 11.5. The summed E-state index contributed by atoms with van der Waals surface area (Å²) in [5.74, 6) is -1.16. The van der Waals surface area contributed by atoms with Crippen LogP contribution < -0.4 is 0 Å². The molecule has 0 aromatic heterocycles. The van der Waals surface area contributed by atoms with E-state index in [1.54, 1.807) is 30.3 Å². The second kappa shape index (κ2) is 4.20. The minimum absolute atomic E-state index is 0.506. The quantitative estimate of drug-likeness (QED) is 0.581. The Labute approximate surface area is 112 Å². The third-order valence-electron chi connectivity index (χ3n) is 2.94. The molecule has 0 aliphatic carbocycles. The van der Waals surface area contributed by atoms with Crippen molar-refractivity contribution in [2.45, 2.75) is 4.32 Å². The van der Waals surface area contributed by atoms with Crippen molar-refractivity contribution in [1.82, 2.24) is 9.80 Å². The Morgan fingerprint density at radius 1 is 0.944 bits per heavy atom. The van der Waals surface area contributed by atoms with Crippen molar-refractivity contribution >= 4 is 33.8 Å². The summed E-state index contributed by atoms with van der Waals surface area (Å²) in [7, 11) is 2.71. The van der Waals surface area contributed by atoms with Crippen LogP contribution in [0.15, 0.2) is 30.3 Å². The first-order valence-electron chi connectivity index (χ1n) is 5.25. The van der Waals surface area contributed by atoms with E-state index in [1.807, 2.05) is 0 Å². The smallest absolute Gasteiger partial charge is 0.272 e. The summed E-state index contributed by atoms with van der Waals surface area (Å²) < 4.78 is -1.52. The molecule has 1 saturated heterocycles. The van der Waals surface area contributed by atoms with E-state index >= 15 is 0 Å². The Bertz CT molecular complexity index is 505. The molecule has 1 aromatic rings. The van der Waals surface area contributed by atoms with Gasteiger partial charge in [0.05, 0.1) is 0 Å². The van der Waals surface area contributed by atoms with E-state index in [4.69, 9.17) is 0 Å². The van der Waals surface area contributed by atoms with Crippen molar-refractivity contribution in [3.63, 3.8) is 0 Å². The van der Waals surface area contributed by atoms with Gasteiger partial charge in [-0.25, -0.2) is 4.79 Å². The number of rotatable bonds is 1. The van der Waals surface area contributed by atoms with E-state index in [1.165, 1.54) is 14.1 Å². The highest BCUT2D eigenvalue weighted by Crippen LogP contribution is 2.38. The van der Waals surface area contributed by atoms with E-state index in [0.29, 0.717) is 5.56 Å². The van der Waals surface area contributed by atoms with Gasteiger partial charge in [-0.3, -0.25) is 19.4 Å². The minimum Gasteiger partial charge on any atom is -0.272 e. The van der Waals surface area contributed by atoms with Gasteiger partial charge in [0.25, 0.3) is 11.8 Å². The summed E-state index contributed by atoms with van der Waals surface area (Å²) in [6.45, 7) is 0. The number of hydrogen-bond donors (Lipinski definition) is 0. The molecular weight excluding hydrogens is 300 g/mol. The Morgan fingerprint density at radius 2 is 1.39 bits per heavy atom. The Hall–Kier alpha value is -1.69. The zero-order valence-electron chi connectivity index (χ0n) is 9.88. The van der Waals surface area contributed by atoms with Crippen molar-refractivity contribution in [1.29, 1.82) is 0 Å². The second-order valence-corrected chi connectivity index (χ2v) is 5.22. The third-order valence-corrected chi connectivity index (χ3v) is 4.08. The third kappa shape index (κ3) is 1.56. The largest absolute Gasteiger partial charge is 0.332 e. The lowest BCUT2D eigenvalue weighted by Gasteiger charge is -2.38. The number of amides is 4. The van der Waals surface area contributed by atoms with Gasteiger partial charge in [0, 0.05) is 14.1 Å². The molecule has 18 heavy (non-hydrogen) atoms. The molecular formula is C12H11BrN2O3. The van der Waals surface area contributed by atoms with Gasteiger partial charge in [-0.15, -0.1) is 0 Å². The van der Waals surface area contributed by atoms with Crippen LogP contribution in [-0.2, 0) is 13.9 Å². The van der Waals surface area contributed by atoms with Crippen molar-refractivity contribution in [3.05, 3.63) is 35.9 Å². The first-order chi connectivity index (χ1) is 8.40. The fraction of sp³-hybridized carbons (Fsp3) is 0.250. The van der Waals surface area contributed by atoms with Gasteiger partial charge in [-0.2, -0.15) is 0 Å². The van der Waals surface area contributed by atoms with Gasteiger partial charge in [0.15, 0.2) is 0 Å². The molecule has 1 aromatic carbocycles. The molecule has 5 nitrogen and oxygen atoms in total. The molecule has 1 aliphatic rings. The molecule has 0 atom stereocenters. The number of urea groups is 1. The normalized spacial score (nSPS) is 19.4. The first-order valence-corrected chi connectivity index (χ1v) is 6.04. The van der Waals surface area contributed by atoms with Gasteiger partial charge in [0.1, 0.15) is 0 Å². The van der Waals surface area contributed by atoms with Crippen LogP contribution in [0, 0.1) is 0 Å². The molecule has 1 heterocycles. The molecule has 0 saturated carbocycles. The molecule has 0 N–H and O–H groups in total. The summed E-state index contributed by atoms with van der Waals surface area (Å²) in [6, 6.07) is 7.96. The summed E-state index contributed by atoms with van der Waals surface area (Å²) in [6.07, 6.45) is 0. The highest BCUT2D eigenvalue weighted by Gasteiger charge is 2.55. The van der Waals surface area contributed by atoms with Crippen molar-refractivity contribution in [2.75, 3.05) is 14.1 Å². The van der Waals surface area contributed by atoms with Crippen molar-refractivity contribution < 1.29 is 14.4 Å². The van der Waals surface area contributed by atoms with Crippen molar-refractivity contribution in [3.8, 4) is 0 Å². The fourth-order valence-electron chi connectivity index (χ4n) is 1.87. The van der Waals surface area contributed by atoms with E-state index in [9.17, 15) is 14.4 Å². The molecule has 4 amide bonds. The fourth-order valence-corrected chi connectivity index (χ4v) is 2.66. The highest BCUT2D eigenvalue weighted by molar-refractivity contribution is 9.10. The molecule has 94 valence electrons. The van der Waals surface area contributed by atoms with Crippen LogP contribution in [0.1, 0.15) is 5.56 Å². The van der Waals surface area contributed by atoms with Crippen LogP contribution in [0.2, 0.25) is 0 Å². The van der Waals surface area contributed by atoms with Gasteiger partial charge >= 0.3 is 6.03 Å². The summed E-state index contributed by atoms with van der Waals surface area (Å²) in [4.78, 5) is 38.0. The van der Waals surface area contributed by atoms with Gasteiger partial charge in [-0.1, -0.05) is 46.3 Å². The number of likely N-dealkylation sites (N-methyl/N-ethyl adjacent to an activating group) is 2. The summed E-state index contributed by atoms with van der Waals surface area (Å²) >= 11 is 3.21. The van der Waals surface area contributed by atoms with Gasteiger partial charge < -0.3 is 0 Å². The Balaban J connectivity index is 2.58. The van der Waals surface area contributed by atoms with Crippen LogP contribution >= 0.6 is 15.9 Å². The molecule has 2 rings (SSSR count). The molecule has 0 radical (unpaired) electrons. The number of carbonyl (C=O) groups is 3. The number of hydrogen-bond acceptors (Lipinski definition) is 3. The maximum Gasteiger partial charge on any atom is 0.332 e. The predicted molar refractivity (Wildman–Crippen MR) is 68.0 cm³/mol. The number of carbonyl (C=O) groups excluding carboxylic acids is 3. The van der Waals surface area contributed by atoms with E-state index in [0.717, 1.165) is 9.80 Å². The molecule has 6 heteroatoms. The highest BCUT2D eigenvalue weighted by atomic mass is 79.9.